The lowest BCUT2D eigenvalue weighted by atomic mass is 10.0. The zero-order chi connectivity index (χ0) is 104. The molecule has 772 valence electrons. The van der Waals surface area contributed by atoms with Gasteiger partial charge in [0, 0.05) is 57.2 Å². The number of hydrogen-bond acceptors (Lipinski definition) is 12. The summed E-state index contributed by atoms with van der Waals surface area (Å²) in [6.07, 6.45) is 13.3. The van der Waals surface area contributed by atoms with Gasteiger partial charge in [0.05, 0.1) is 66.0 Å². The average molecular weight is 2360 g/mol. The molecule has 0 bridgehead atoms. The predicted octanol–water partition coefficient (Wildman–Crippen LogP) is 30.1. The lowest BCUT2D eigenvalue weighted by Crippen LogP contribution is -2.27. The third kappa shape index (κ3) is 45.2. The van der Waals surface area contributed by atoms with E-state index in [4.69, 9.17) is 0 Å². The Kier molecular flexibility index (Phi) is 52.3. The highest BCUT2D eigenvalue weighted by atomic mass is 79.9. The molecule has 0 unspecified atom stereocenters. The molecule has 6 N–H and O–H groups in total. The van der Waals surface area contributed by atoms with Crippen molar-refractivity contribution in [2.45, 2.75) is 122 Å². The number of rotatable bonds is 46. The van der Waals surface area contributed by atoms with Gasteiger partial charge in [-0.1, -0.05) is 303 Å². The van der Waals surface area contributed by atoms with E-state index in [2.05, 4.69) is 243 Å². The highest BCUT2D eigenvalue weighted by molar-refractivity contribution is 9.11. The summed E-state index contributed by atoms with van der Waals surface area (Å²) in [5.74, 6) is 2.87. The summed E-state index contributed by atoms with van der Waals surface area (Å²) in [5, 5.41) is 17.9. The number of aryl methyl sites for hydroxylation is 1. The molecule has 3 saturated carbocycles. The van der Waals surface area contributed by atoms with Crippen molar-refractivity contribution in [3.8, 4) is 0 Å². The van der Waals surface area contributed by atoms with Crippen molar-refractivity contribution in [2.24, 2.45) is 17.8 Å². The molecule has 12 nitrogen and oxygen atoms in total. The second-order valence-corrected chi connectivity index (χ2v) is 45.8. The topological polar surface area (TPSA) is 175 Å². The predicted molar refractivity (Wildman–Crippen MR) is 614 cm³/mol. The van der Waals surface area contributed by atoms with Crippen LogP contribution in [-0.2, 0) is 35.2 Å². The lowest BCUT2D eigenvalue weighted by Gasteiger charge is -2.18. The first-order valence-corrected chi connectivity index (χ1v) is 58.8. The van der Waals surface area contributed by atoms with Crippen molar-refractivity contribution in [1.29, 1.82) is 0 Å². The van der Waals surface area contributed by atoms with Crippen LogP contribution in [0, 0.1) is 52.7 Å². The van der Waals surface area contributed by atoms with Crippen molar-refractivity contribution in [3.63, 3.8) is 0 Å². The Morgan fingerprint density at radius 3 is 0.599 bits per heavy atom. The first-order chi connectivity index (χ1) is 71.4. The van der Waals surface area contributed by atoms with Gasteiger partial charge in [0.25, 0.3) is 0 Å². The van der Waals surface area contributed by atoms with Gasteiger partial charge in [0.2, 0.25) is 35.4 Å². The summed E-state index contributed by atoms with van der Waals surface area (Å²) in [4.78, 5) is 72.4. The van der Waals surface area contributed by atoms with E-state index in [1.807, 2.05) is 54.6 Å². The third-order valence-corrected chi connectivity index (χ3v) is 33.5. The molecule has 16 rings (SSSR count). The maximum Gasteiger partial charge on any atom is 0.230 e. The Morgan fingerprint density at radius 1 is 0.238 bits per heavy atom. The molecule has 3 fully saturated rings. The van der Waals surface area contributed by atoms with E-state index in [9.17, 15) is 55.1 Å². The molecule has 3 aliphatic carbocycles. The van der Waals surface area contributed by atoms with E-state index in [1.165, 1.54) is 186 Å². The Bertz CT molecular complexity index is 5570. The molecule has 0 spiro atoms. The molecule has 0 heterocycles. The van der Waals surface area contributed by atoms with Crippen molar-refractivity contribution < 1.29 is 55.1 Å². The number of thioether (sulfide) groups is 6. The van der Waals surface area contributed by atoms with E-state index in [-0.39, 0.29) is 108 Å². The number of carbonyl (C=O) groups is 6. The van der Waals surface area contributed by atoms with Crippen LogP contribution in [0.1, 0.15) is 188 Å². The van der Waals surface area contributed by atoms with Gasteiger partial charge in [-0.05, 0) is 276 Å². The second kappa shape index (κ2) is 65.4. The van der Waals surface area contributed by atoms with Gasteiger partial charge >= 0.3 is 0 Å². The summed E-state index contributed by atoms with van der Waals surface area (Å²) < 4.78 is 83.5. The van der Waals surface area contributed by atoms with Crippen LogP contribution in [0.5, 0.6) is 0 Å². The molecular weight excluding hydrogens is 2240 g/mol. The number of carbonyl (C=O) groups excluding carboxylic acids is 6. The van der Waals surface area contributed by atoms with Gasteiger partial charge in [-0.15, -0.1) is 70.6 Å². The molecule has 3 aliphatic rings. The molecule has 0 atom stereocenters. The van der Waals surface area contributed by atoms with Gasteiger partial charge in [-0.25, -0.2) is 26.3 Å². The van der Waals surface area contributed by atoms with Crippen molar-refractivity contribution in [2.75, 3.05) is 73.8 Å². The molecule has 147 heavy (non-hydrogen) atoms. The van der Waals surface area contributed by atoms with Crippen LogP contribution in [0.25, 0.3) is 0 Å². The smallest absolute Gasteiger partial charge is 0.230 e. The first-order valence-electron chi connectivity index (χ1n) is 49.4. The normalized spacial score (nSPS) is 12.3. The zero-order valence-corrected chi connectivity index (χ0v) is 93.3. The van der Waals surface area contributed by atoms with Crippen molar-refractivity contribution in [3.05, 3.63) is 459 Å². The zero-order valence-electron chi connectivity index (χ0n) is 82.1. The van der Waals surface area contributed by atoms with Gasteiger partial charge in [0.1, 0.15) is 34.9 Å². The van der Waals surface area contributed by atoms with E-state index >= 15 is 0 Å². The summed E-state index contributed by atoms with van der Waals surface area (Å²) in [5.41, 5.74) is 13.9. The Labute approximate surface area is 921 Å². The number of hydrogen-bond donors (Lipinski definition) is 6. The van der Waals surface area contributed by atoms with Crippen LogP contribution in [0.2, 0.25) is 0 Å². The van der Waals surface area contributed by atoms with E-state index < -0.39 is 0 Å². The molecule has 6 amide bonds. The number of benzene rings is 13. The van der Waals surface area contributed by atoms with Crippen LogP contribution < -0.4 is 31.9 Å². The maximum absolute atomic E-state index is 13.3. The lowest BCUT2D eigenvalue weighted by molar-refractivity contribution is -0.119. The minimum atomic E-state index is -0.312. The van der Waals surface area contributed by atoms with Crippen LogP contribution in [0.3, 0.4) is 0 Å². The summed E-state index contributed by atoms with van der Waals surface area (Å²) in [7, 11) is 0. The van der Waals surface area contributed by atoms with Crippen LogP contribution in [-0.4, -0.2) is 109 Å². The monoisotopic (exact) mass is 2350 g/mol. The van der Waals surface area contributed by atoms with Crippen molar-refractivity contribution >= 4 is 170 Å². The minimum absolute atomic E-state index is 0.00104. The summed E-state index contributed by atoms with van der Waals surface area (Å²) >= 11 is 23.3. The highest BCUT2D eigenvalue weighted by Gasteiger charge is 2.28. The molecular formula is C119H124Br4F6N6O6S6. The Morgan fingerprint density at radius 2 is 0.408 bits per heavy atom. The molecule has 0 radical (unpaired) electrons. The molecule has 13 aromatic rings. The fourth-order valence-electron chi connectivity index (χ4n) is 14.9. The second-order valence-electron chi connectivity index (χ2n) is 35.6. The number of amides is 6. The molecule has 0 saturated heterocycles. The van der Waals surface area contributed by atoms with Crippen LogP contribution >= 0.6 is 134 Å². The van der Waals surface area contributed by atoms with E-state index in [1.54, 1.807) is 108 Å². The number of halogens is 10. The number of unbranched alkanes of at least 4 members (excludes halogenated alkanes) is 2. The van der Waals surface area contributed by atoms with Crippen LogP contribution in [0.15, 0.2) is 352 Å². The summed E-state index contributed by atoms with van der Waals surface area (Å²) in [6.45, 7) is 8.67. The van der Waals surface area contributed by atoms with Gasteiger partial charge in [-0.3, -0.25) is 28.8 Å². The fourth-order valence-corrected chi connectivity index (χ4v) is 22.7. The minimum Gasteiger partial charge on any atom is -0.355 e. The Hall–Kier alpha value is -9.72. The largest absolute Gasteiger partial charge is 0.355 e. The standard InChI is InChI=1S/C24H23F2NOS.C19H19Br2NOS.C19H21Br2NOS.C19H19F2NOS.C19H21F2NOS.C19H21NOS/c25-21-12-8-19(9-13-21)24(20-10-14-22(26)15-11-20)29-17-23(28)27-16-4-7-18-5-2-1-3-6-18;20-16-7-3-14(4-8-16)19(15-5-9-17(21)10-6-15)24-12-18(23)22-11-13-1-2-13;1-2-3-12-22-18(23)13-24-19(14-4-8-16(20)9-5-14)15-6-10-17(21)11-7-15;20-16-7-3-14(4-8-16)19(15-5-9-17(21)10-6-15)24-12-18(23)22-11-13-1-2-13;1-2-3-12-22-18(23)13-24-19(14-4-8-16(20)9-5-14)15-6-10-17(21)11-7-15;21-18(20-13-15-11-12-15)14-22-19(16-7-3-1-4-8-16)17-9-5-2-6-10-17/h1-3,5-6,8-15,24H,4,7,16-17H2,(H,27,28);3-10,13,19H,1-2,11-12H2,(H,22,23);4-11,19H,2-3,12-13H2,1H3,(H,22,23);3-10,13,19H,1-2,11-12H2,(H,22,23);4-11,19H,2-3,12-13H2,1H3,(H,22,23);1-10,15,19H,11-14H2,(H,20,21). The highest BCUT2D eigenvalue weighted by Crippen LogP contribution is 2.43. The number of nitrogens with one attached hydrogen (secondary N) is 6. The fraction of sp³-hybridized carbons (Fsp3) is 0.294. The molecule has 28 heteroatoms. The molecule has 0 aromatic heterocycles. The quantitative estimate of drug-likeness (QED) is 0.0158. The average Bonchev–Trinajstić information content (AvgIpc) is 1.78. The maximum atomic E-state index is 13.3. The van der Waals surface area contributed by atoms with Gasteiger partial charge in [0.15, 0.2) is 0 Å². The third-order valence-electron chi connectivity index (χ3n) is 23.6. The summed E-state index contributed by atoms with van der Waals surface area (Å²) in [6, 6.07) is 101. The van der Waals surface area contributed by atoms with Gasteiger partial charge < -0.3 is 31.9 Å². The SMILES string of the molecule is CCCCNC(=O)CSC(c1ccc(Br)cc1)c1ccc(Br)cc1.CCCCNC(=O)CSC(c1ccc(F)cc1)c1ccc(F)cc1.O=C(CSC(c1ccc(Br)cc1)c1ccc(Br)cc1)NCC1CC1.O=C(CSC(c1ccc(F)cc1)c1ccc(F)cc1)NCC1CC1.O=C(CSC(c1ccc(F)cc1)c1ccc(F)cc1)NCCCc1ccccc1.O=C(CSC(c1ccccc1)c1ccccc1)NCC1CC1. The van der Waals surface area contributed by atoms with Crippen LogP contribution in [0.4, 0.5) is 26.3 Å². The Balaban J connectivity index is 0.000000168. The molecule has 0 aliphatic heterocycles. The van der Waals surface area contributed by atoms with Gasteiger partial charge in [-0.2, -0.15) is 0 Å². The van der Waals surface area contributed by atoms with E-state index in [0.29, 0.717) is 53.7 Å². The molecule has 13 aromatic carbocycles. The van der Waals surface area contributed by atoms with E-state index in [0.717, 1.165) is 122 Å². The first kappa shape index (κ1) is 118. The van der Waals surface area contributed by atoms with Crippen molar-refractivity contribution in [1.82, 2.24) is 31.9 Å².